The lowest BCUT2D eigenvalue weighted by Gasteiger charge is -2.03. The second-order valence-corrected chi connectivity index (χ2v) is 4.39. The summed E-state index contributed by atoms with van der Waals surface area (Å²) in [7, 11) is 1.54. The van der Waals surface area contributed by atoms with Crippen molar-refractivity contribution in [3.63, 3.8) is 0 Å². The quantitative estimate of drug-likeness (QED) is 0.749. The van der Waals surface area contributed by atoms with Crippen molar-refractivity contribution >= 4 is 5.95 Å². The van der Waals surface area contributed by atoms with E-state index >= 15 is 0 Å². The number of benzene rings is 1. The molecule has 0 unspecified atom stereocenters. The number of nitrogens with zero attached hydrogens (tertiary/aromatic N) is 4. The number of rotatable bonds is 5. The Balaban J connectivity index is 1.67. The second-order valence-electron chi connectivity index (χ2n) is 4.39. The summed E-state index contributed by atoms with van der Waals surface area (Å²) in [4.78, 5) is 12.5. The maximum atomic E-state index is 12.9. The molecule has 0 spiro atoms. The van der Waals surface area contributed by atoms with Crippen molar-refractivity contribution in [2.24, 2.45) is 0 Å². The van der Waals surface area contributed by atoms with Crippen LogP contribution >= 0.6 is 0 Å². The Bertz CT molecular complexity index is 758. The number of aromatic nitrogens is 5. The molecular weight excluding hydrogens is 287 g/mol. The van der Waals surface area contributed by atoms with Crippen LogP contribution in [0, 0.1) is 5.82 Å². The molecule has 0 atom stereocenters. The van der Waals surface area contributed by atoms with Gasteiger partial charge in [0.25, 0.3) is 0 Å². The molecule has 0 fully saturated rings. The van der Waals surface area contributed by atoms with E-state index in [0.29, 0.717) is 30.0 Å². The molecule has 0 radical (unpaired) electrons. The van der Waals surface area contributed by atoms with Crippen LogP contribution in [0.25, 0.3) is 11.4 Å². The zero-order valence-corrected chi connectivity index (χ0v) is 11.7. The van der Waals surface area contributed by atoms with Gasteiger partial charge in [-0.15, -0.1) is 0 Å². The third-order valence-corrected chi connectivity index (χ3v) is 2.89. The largest absolute Gasteiger partial charge is 0.481 e. The van der Waals surface area contributed by atoms with Gasteiger partial charge >= 0.3 is 0 Å². The van der Waals surface area contributed by atoms with Gasteiger partial charge in [-0.1, -0.05) is 0 Å². The van der Waals surface area contributed by atoms with Gasteiger partial charge in [0.2, 0.25) is 11.8 Å². The second kappa shape index (κ2) is 6.17. The monoisotopic (exact) mass is 300 g/mol. The summed E-state index contributed by atoms with van der Waals surface area (Å²) in [5.74, 6) is 1.73. The van der Waals surface area contributed by atoms with Crippen LogP contribution in [0.4, 0.5) is 10.3 Å². The van der Waals surface area contributed by atoms with Crippen LogP contribution in [0.15, 0.2) is 36.5 Å². The highest BCUT2D eigenvalue weighted by Gasteiger charge is 2.07. The first-order chi connectivity index (χ1) is 10.7. The number of anilines is 1. The summed E-state index contributed by atoms with van der Waals surface area (Å²) in [5.41, 5.74) is 0.738. The molecule has 1 aromatic carbocycles. The summed E-state index contributed by atoms with van der Waals surface area (Å²) in [6.45, 7) is 0.376. The minimum absolute atomic E-state index is 0.295. The smallest absolute Gasteiger partial charge is 0.226 e. The van der Waals surface area contributed by atoms with E-state index in [4.69, 9.17) is 4.74 Å². The molecule has 0 aliphatic carbocycles. The van der Waals surface area contributed by atoms with Crippen LogP contribution in [0.1, 0.15) is 5.82 Å². The minimum atomic E-state index is -0.295. The Kier molecular flexibility index (Phi) is 3.90. The van der Waals surface area contributed by atoms with Crippen molar-refractivity contribution in [2.45, 2.75) is 6.54 Å². The normalized spacial score (nSPS) is 10.5. The molecule has 8 heteroatoms. The van der Waals surface area contributed by atoms with Gasteiger partial charge in [0.1, 0.15) is 11.6 Å². The van der Waals surface area contributed by atoms with Crippen LogP contribution in [0.2, 0.25) is 0 Å². The maximum absolute atomic E-state index is 12.9. The molecule has 2 N–H and O–H groups in total. The third-order valence-electron chi connectivity index (χ3n) is 2.89. The lowest BCUT2D eigenvalue weighted by molar-refractivity contribution is 0.397. The van der Waals surface area contributed by atoms with Crippen molar-refractivity contribution in [1.29, 1.82) is 0 Å². The molecule has 0 bridgehead atoms. The number of hydrogen-bond donors (Lipinski definition) is 2. The molecule has 0 amide bonds. The highest BCUT2D eigenvalue weighted by molar-refractivity contribution is 5.54. The van der Waals surface area contributed by atoms with Crippen molar-refractivity contribution in [3.05, 3.63) is 48.2 Å². The van der Waals surface area contributed by atoms with Crippen molar-refractivity contribution < 1.29 is 9.13 Å². The molecule has 2 aromatic heterocycles. The molecule has 7 nitrogen and oxygen atoms in total. The SMILES string of the molecule is COc1ccnc(NCc2nc(-c3ccc(F)cc3)n[nH]2)n1. The first-order valence-corrected chi connectivity index (χ1v) is 6.53. The Labute approximate surface area is 125 Å². The first kappa shape index (κ1) is 13.9. The number of nitrogens with one attached hydrogen (secondary N) is 2. The van der Waals surface area contributed by atoms with Gasteiger partial charge in [0.05, 0.1) is 13.7 Å². The van der Waals surface area contributed by atoms with Crippen LogP contribution in [-0.2, 0) is 6.54 Å². The zero-order valence-electron chi connectivity index (χ0n) is 11.7. The van der Waals surface area contributed by atoms with Gasteiger partial charge < -0.3 is 10.1 Å². The van der Waals surface area contributed by atoms with E-state index < -0.39 is 0 Å². The Morgan fingerprint density at radius 2 is 2.00 bits per heavy atom. The van der Waals surface area contributed by atoms with Gasteiger partial charge in [-0.05, 0) is 24.3 Å². The highest BCUT2D eigenvalue weighted by atomic mass is 19.1. The van der Waals surface area contributed by atoms with E-state index in [0.717, 1.165) is 5.56 Å². The topological polar surface area (TPSA) is 88.6 Å². The standard InChI is InChI=1S/C14H13FN6O/c1-22-12-6-7-16-14(19-12)17-8-11-18-13(21-20-11)9-2-4-10(15)5-3-9/h2-7H,8H2,1H3,(H,16,17,19)(H,18,20,21). The van der Waals surface area contributed by atoms with Gasteiger partial charge in [-0.25, -0.2) is 14.4 Å². The summed E-state index contributed by atoms with van der Waals surface area (Å²) in [6.07, 6.45) is 1.60. The van der Waals surface area contributed by atoms with Crippen LogP contribution in [0.3, 0.4) is 0 Å². The molecule has 3 rings (SSSR count). The van der Waals surface area contributed by atoms with Gasteiger partial charge in [-0.3, -0.25) is 5.10 Å². The van der Waals surface area contributed by atoms with Gasteiger partial charge in [0, 0.05) is 17.8 Å². The Hall–Kier alpha value is -3.03. The van der Waals surface area contributed by atoms with Crippen molar-refractivity contribution in [3.8, 4) is 17.3 Å². The fourth-order valence-corrected chi connectivity index (χ4v) is 1.81. The fourth-order valence-electron chi connectivity index (χ4n) is 1.81. The number of H-pyrrole nitrogens is 1. The van der Waals surface area contributed by atoms with Gasteiger partial charge in [0.15, 0.2) is 5.82 Å². The number of methoxy groups -OCH3 is 1. The van der Waals surface area contributed by atoms with Crippen LogP contribution in [0.5, 0.6) is 5.88 Å². The predicted octanol–water partition coefficient (Wildman–Crippen LogP) is 2.02. The lowest BCUT2D eigenvalue weighted by atomic mass is 10.2. The van der Waals surface area contributed by atoms with Crippen molar-refractivity contribution in [1.82, 2.24) is 25.1 Å². The number of ether oxygens (including phenoxy) is 1. The molecule has 0 aliphatic rings. The van der Waals surface area contributed by atoms with Crippen LogP contribution in [-0.4, -0.2) is 32.3 Å². The molecule has 0 saturated carbocycles. The summed E-state index contributed by atoms with van der Waals surface area (Å²) >= 11 is 0. The van der Waals surface area contributed by atoms with E-state index in [-0.39, 0.29) is 5.82 Å². The first-order valence-electron chi connectivity index (χ1n) is 6.53. The number of hydrogen-bond acceptors (Lipinski definition) is 6. The highest BCUT2D eigenvalue weighted by Crippen LogP contribution is 2.15. The average molecular weight is 300 g/mol. The molecule has 0 aliphatic heterocycles. The molecule has 2 heterocycles. The fraction of sp³-hybridized carbons (Fsp3) is 0.143. The maximum Gasteiger partial charge on any atom is 0.226 e. The predicted molar refractivity (Wildman–Crippen MR) is 77.7 cm³/mol. The van der Waals surface area contributed by atoms with E-state index in [1.807, 2.05) is 0 Å². The number of aromatic amines is 1. The molecule has 112 valence electrons. The Morgan fingerprint density at radius 1 is 1.18 bits per heavy atom. The lowest BCUT2D eigenvalue weighted by Crippen LogP contribution is -2.05. The van der Waals surface area contributed by atoms with Gasteiger partial charge in [-0.2, -0.15) is 10.1 Å². The van der Waals surface area contributed by atoms with E-state index in [1.54, 1.807) is 24.4 Å². The minimum Gasteiger partial charge on any atom is -0.481 e. The van der Waals surface area contributed by atoms with Crippen LogP contribution < -0.4 is 10.1 Å². The van der Waals surface area contributed by atoms with E-state index in [1.165, 1.54) is 19.2 Å². The van der Waals surface area contributed by atoms with E-state index in [2.05, 4.69) is 30.5 Å². The summed E-state index contributed by atoms with van der Waals surface area (Å²) in [5, 5.41) is 9.93. The zero-order chi connectivity index (χ0) is 15.4. The molecule has 3 aromatic rings. The Morgan fingerprint density at radius 3 is 2.77 bits per heavy atom. The summed E-state index contributed by atoms with van der Waals surface area (Å²) in [6, 6.07) is 7.65. The average Bonchev–Trinajstić information content (AvgIpc) is 3.03. The van der Waals surface area contributed by atoms with E-state index in [9.17, 15) is 4.39 Å². The molecule has 22 heavy (non-hydrogen) atoms. The molecular formula is C14H13FN6O. The molecule has 0 saturated heterocycles. The van der Waals surface area contributed by atoms with Crippen molar-refractivity contribution in [2.75, 3.05) is 12.4 Å². The summed E-state index contributed by atoms with van der Waals surface area (Å²) < 4.78 is 17.9. The number of halogens is 1. The third kappa shape index (κ3) is 3.17.